The van der Waals surface area contributed by atoms with Gasteiger partial charge in [0.2, 0.25) is 0 Å². The number of non-ortho nitro benzene ring substituents is 1. The normalized spacial score (nSPS) is 11.8. The van der Waals surface area contributed by atoms with Gasteiger partial charge in [0, 0.05) is 17.7 Å². The van der Waals surface area contributed by atoms with Crippen molar-refractivity contribution in [3.63, 3.8) is 0 Å². The zero-order chi connectivity index (χ0) is 11.4. The molecule has 1 rings (SSSR count). The van der Waals surface area contributed by atoms with E-state index in [1.807, 2.05) is 0 Å². The van der Waals surface area contributed by atoms with Gasteiger partial charge in [0.05, 0.1) is 23.5 Å². The first-order valence-electron chi connectivity index (χ1n) is 4.05. The van der Waals surface area contributed by atoms with E-state index in [-0.39, 0.29) is 17.7 Å². The average Bonchev–Trinajstić information content (AvgIpc) is 2.18. The van der Waals surface area contributed by atoms with E-state index in [4.69, 9.17) is 5.26 Å². The number of nitro groups is 1. The van der Waals surface area contributed by atoms with E-state index in [0.29, 0.717) is 0 Å². The SMILES string of the molecule is N#CCC(O)c1cc([N+](=O)[O-])ccc1F. The number of nitrogens with zero attached hydrogens (tertiary/aromatic N) is 2. The minimum Gasteiger partial charge on any atom is -0.387 e. The Morgan fingerprint density at radius 1 is 1.67 bits per heavy atom. The van der Waals surface area contributed by atoms with Gasteiger partial charge in [-0.15, -0.1) is 0 Å². The van der Waals surface area contributed by atoms with Crippen LogP contribution in [-0.4, -0.2) is 10.0 Å². The maximum atomic E-state index is 13.1. The van der Waals surface area contributed by atoms with Crippen LogP contribution >= 0.6 is 0 Å². The molecule has 1 atom stereocenters. The summed E-state index contributed by atoms with van der Waals surface area (Å²) >= 11 is 0. The van der Waals surface area contributed by atoms with E-state index in [1.54, 1.807) is 6.07 Å². The van der Waals surface area contributed by atoms with Gasteiger partial charge >= 0.3 is 0 Å². The molecule has 1 N–H and O–H groups in total. The third-order valence-corrected chi connectivity index (χ3v) is 1.83. The summed E-state index contributed by atoms with van der Waals surface area (Å²) in [5.74, 6) is -0.761. The van der Waals surface area contributed by atoms with Crippen LogP contribution < -0.4 is 0 Å². The van der Waals surface area contributed by atoms with Crippen molar-refractivity contribution < 1.29 is 14.4 Å². The second kappa shape index (κ2) is 4.48. The summed E-state index contributed by atoms with van der Waals surface area (Å²) in [6.45, 7) is 0. The van der Waals surface area contributed by atoms with Gasteiger partial charge in [-0.1, -0.05) is 0 Å². The number of aliphatic hydroxyl groups excluding tert-OH is 1. The van der Waals surface area contributed by atoms with Crippen molar-refractivity contribution >= 4 is 5.69 Å². The monoisotopic (exact) mass is 210 g/mol. The maximum absolute atomic E-state index is 13.1. The highest BCUT2D eigenvalue weighted by Crippen LogP contribution is 2.24. The number of rotatable bonds is 3. The molecule has 1 unspecified atom stereocenters. The average molecular weight is 210 g/mol. The second-order valence-electron chi connectivity index (χ2n) is 2.84. The molecule has 0 aliphatic rings. The summed E-state index contributed by atoms with van der Waals surface area (Å²) in [5.41, 5.74) is -0.547. The van der Waals surface area contributed by atoms with Crippen molar-refractivity contribution in [3.8, 4) is 6.07 Å². The lowest BCUT2D eigenvalue weighted by atomic mass is 10.1. The van der Waals surface area contributed by atoms with Gasteiger partial charge in [-0.25, -0.2) is 4.39 Å². The topological polar surface area (TPSA) is 87.2 Å². The Balaban J connectivity index is 3.11. The zero-order valence-electron chi connectivity index (χ0n) is 7.55. The minimum absolute atomic E-state index is 0.231. The molecule has 0 spiro atoms. The lowest BCUT2D eigenvalue weighted by Crippen LogP contribution is -2.01. The Labute approximate surface area is 84.5 Å². The highest BCUT2D eigenvalue weighted by Gasteiger charge is 2.16. The van der Waals surface area contributed by atoms with Crippen molar-refractivity contribution in [2.75, 3.05) is 0 Å². The van der Waals surface area contributed by atoms with Crippen LogP contribution in [0.25, 0.3) is 0 Å². The molecule has 0 amide bonds. The van der Waals surface area contributed by atoms with E-state index >= 15 is 0 Å². The van der Waals surface area contributed by atoms with Crippen molar-refractivity contribution in [1.82, 2.24) is 0 Å². The van der Waals surface area contributed by atoms with Crippen LogP contribution in [0.1, 0.15) is 18.1 Å². The Kier molecular flexibility index (Phi) is 3.31. The van der Waals surface area contributed by atoms with Crippen LogP contribution in [0.3, 0.4) is 0 Å². The minimum atomic E-state index is -1.34. The first-order valence-corrected chi connectivity index (χ1v) is 4.05. The highest BCUT2D eigenvalue weighted by molar-refractivity contribution is 5.36. The van der Waals surface area contributed by atoms with Crippen LogP contribution in [0.15, 0.2) is 18.2 Å². The Morgan fingerprint density at radius 2 is 2.33 bits per heavy atom. The first-order chi connectivity index (χ1) is 7.06. The molecular weight excluding hydrogens is 203 g/mol. The van der Waals surface area contributed by atoms with E-state index < -0.39 is 16.8 Å². The second-order valence-corrected chi connectivity index (χ2v) is 2.84. The summed E-state index contributed by atoms with van der Waals surface area (Å²) in [4.78, 5) is 9.69. The van der Waals surface area contributed by atoms with Crippen LogP contribution in [0.4, 0.5) is 10.1 Å². The lowest BCUT2D eigenvalue weighted by molar-refractivity contribution is -0.385. The number of halogens is 1. The van der Waals surface area contributed by atoms with Crippen LogP contribution in [0.2, 0.25) is 0 Å². The van der Waals surface area contributed by atoms with Gasteiger partial charge in [0.1, 0.15) is 5.82 Å². The van der Waals surface area contributed by atoms with Gasteiger partial charge in [-0.05, 0) is 6.07 Å². The smallest absolute Gasteiger partial charge is 0.270 e. The van der Waals surface area contributed by atoms with Crippen molar-refractivity contribution in [3.05, 3.63) is 39.7 Å². The summed E-state index contributed by atoms with van der Waals surface area (Å²) in [6, 6.07) is 4.48. The molecular formula is C9H7FN2O3. The number of nitro benzene ring substituents is 1. The molecule has 78 valence electrons. The highest BCUT2D eigenvalue weighted by atomic mass is 19.1. The molecule has 0 heterocycles. The molecule has 0 bridgehead atoms. The number of benzene rings is 1. The molecule has 1 aromatic carbocycles. The van der Waals surface area contributed by atoms with Gasteiger partial charge in [0.25, 0.3) is 5.69 Å². The number of hydrogen-bond acceptors (Lipinski definition) is 4. The molecule has 5 nitrogen and oxygen atoms in total. The van der Waals surface area contributed by atoms with E-state index in [1.165, 1.54) is 0 Å². The quantitative estimate of drug-likeness (QED) is 0.607. The fourth-order valence-electron chi connectivity index (χ4n) is 1.10. The molecule has 0 fully saturated rings. The first kappa shape index (κ1) is 11.1. The third kappa shape index (κ3) is 2.48. The molecule has 6 heteroatoms. The fourth-order valence-corrected chi connectivity index (χ4v) is 1.10. The molecule has 0 aliphatic heterocycles. The maximum Gasteiger partial charge on any atom is 0.270 e. The van der Waals surface area contributed by atoms with Crippen LogP contribution in [0.5, 0.6) is 0 Å². The molecule has 0 aliphatic carbocycles. The molecule has 1 aromatic rings. The third-order valence-electron chi connectivity index (χ3n) is 1.83. The number of hydrogen-bond donors (Lipinski definition) is 1. The Hall–Kier alpha value is -2.00. The Morgan fingerprint density at radius 3 is 2.87 bits per heavy atom. The zero-order valence-corrected chi connectivity index (χ0v) is 7.55. The van der Waals surface area contributed by atoms with Crippen LogP contribution in [-0.2, 0) is 0 Å². The summed E-state index contributed by atoms with van der Waals surface area (Å²) in [6.07, 6.45) is -1.65. The number of nitriles is 1. The Bertz CT molecular complexity index is 428. The van der Waals surface area contributed by atoms with Gasteiger partial charge < -0.3 is 5.11 Å². The summed E-state index contributed by atoms with van der Waals surface area (Å²) < 4.78 is 13.1. The molecule has 0 saturated carbocycles. The standard InChI is InChI=1S/C9H7FN2O3/c10-8-2-1-6(12(14)15)5-7(8)9(13)3-4-11/h1-2,5,9,13H,3H2. The summed E-state index contributed by atoms with van der Waals surface area (Å²) in [7, 11) is 0. The molecule has 0 saturated heterocycles. The van der Waals surface area contributed by atoms with E-state index in [0.717, 1.165) is 18.2 Å². The largest absolute Gasteiger partial charge is 0.387 e. The molecule has 0 radical (unpaired) electrons. The van der Waals surface area contributed by atoms with Gasteiger partial charge in [0.15, 0.2) is 0 Å². The summed E-state index contributed by atoms with van der Waals surface area (Å²) in [5, 5.41) is 28.0. The van der Waals surface area contributed by atoms with Crippen molar-refractivity contribution in [2.45, 2.75) is 12.5 Å². The van der Waals surface area contributed by atoms with E-state index in [2.05, 4.69) is 0 Å². The van der Waals surface area contributed by atoms with Gasteiger partial charge in [-0.2, -0.15) is 5.26 Å². The van der Waals surface area contributed by atoms with Crippen LogP contribution in [0, 0.1) is 27.3 Å². The molecule has 0 aromatic heterocycles. The predicted octanol–water partition coefficient (Wildman–Crippen LogP) is 1.68. The van der Waals surface area contributed by atoms with Gasteiger partial charge in [-0.3, -0.25) is 10.1 Å². The van der Waals surface area contributed by atoms with Crippen molar-refractivity contribution in [2.24, 2.45) is 0 Å². The fraction of sp³-hybridized carbons (Fsp3) is 0.222. The number of aliphatic hydroxyl groups is 1. The predicted molar refractivity (Wildman–Crippen MR) is 48.2 cm³/mol. The lowest BCUT2D eigenvalue weighted by Gasteiger charge is -2.07. The van der Waals surface area contributed by atoms with Crippen molar-refractivity contribution in [1.29, 1.82) is 5.26 Å². The molecule has 15 heavy (non-hydrogen) atoms. The van der Waals surface area contributed by atoms with E-state index in [9.17, 15) is 19.6 Å².